The van der Waals surface area contributed by atoms with Crippen LogP contribution >= 0.6 is 35.6 Å². The maximum atomic E-state index is 5.95. The van der Waals surface area contributed by atoms with Crippen LogP contribution in [0.5, 0.6) is 0 Å². The Morgan fingerprint density at radius 2 is 1.92 bits per heavy atom. The van der Waals surface area contributed by atoms with Crippen LogP contribution in [0.1, 0.15) is 29.4 Å². The topological polar surface area (TPSA) is 45.5 Å². The number of aromatic nitrogens is 2. The van der Waals surface area contributed by atoms with Gasteiger partial charge in [-0.05, 0) is 38.5 Å². The van der Waals surface area contributed by atoms with E-state index in [4.69, 9.17) is 16.6 Å². The number of aryl methyl sites for hydroxylation is 2. The molecule has 1 aromatic heterocycles. The minimum atomic E-state index is 0. The van der Waals surface area contributed by atoms with Gasteiger partial charge in [-0.25, -0.2) is 4.99 Å². The molecule has 0 unspecified atom stereocenters. The number of nitrogens with zero attached hydrogens (tertiary/aromatic N) is 4. The fourth-order valence-electron chi connectivity index (χ4n) is 2.61. The molecular weight excluding hydrogens is 449 g/mol. The first-order valence-electron chi connectivity index (χ1n) is 8.15. The number of rotatable bonds is 5. The molecule has 0 aliphatic heterocycles. The second kappa shape index (κ2) is 10.0. The van der Waals surface area contributed by atoms with Crippen molar-refractivity contribution >= 4 is 41.5 Å². The molecular formula is C18H27ClIN5. The number of halogens is 2. The van der Waals surface area contributed by atoms with Crippen molar-refractivity contribution in [1.29, 1.82) is 0 Å². The minimum Gasteiger partial charge on any atom is -0.357 e. The van der Waals surface area contributed by atoms with Crippen LogP contribution in [0.25, 0.3) is 0 Å². The van der Waals surface area contributed by atoms with Crippen molar-refractivity contribution in [3.05, 3.63) is 51.8 Å². The lowest BCUT2D eigenvalue weighted by molar-refractivity contribution is 0.476. The molecule has 1 heterocycles. The van der Waals surface area contributed by atoms with Crippen molar-refractivity contribution in [3.63, 3.8) is 0 Å². The number of hydrogen-bond donors (Lipinski definition) is 1. The third-order valence-electron chi connectivity index (χ3n) is 4.08. The quantitative estimate of drug-likeness (QED) is 0.405. The molecule has 0 aliphatic rings. The zero-order valence-electron chi connectivity index (χ0n) is 15.5. The smallest absolute Gasteiger partial charge is 0.194 e. The van der Waals surface area contributed by atoms with Gasteiger partial charge in [0.2, 0.25) is 0 Å². The normalized spacial score (nSPS) is 11.2. The van der Waals surface area contributed by atoms with Crippen molar-refractivity contribution in [2.24, 2.45) is 12.0 Å². The highest BCUT2D eigenvalue weighted by molar-refractivity contribution is 14.0. The summed E-state index contributed by atoms with van der Waals surface area (Å²) in [5.74, 6) is 0.884. The second-order valence-electron chi connectivity index (χ2n) is 5.93. The molecule has 0 bridgehead atoms. The van der Waals surface area contributed by atoms with E-state index in [-0.39, 0.29) is 24.0 Å². The molecule has 25 heavy (non-hydrogen) atoms. The summed E-state index contributed by atoms with van der Waals surface area (Å²) in [6.45, 7) is 8.41. The average Bonchev–Trinajstić information content (AvgIpc) is 2.79. The van der Waals surface area contributed by atoms with Crippen LogP contribution in [0.3, 0.4) is 0 Å². The maximum absolute atomic E-state index is 5.95. The van der Waals surface area contributed by atoms with E-state index >= 15 is 0 Å². The number of nitrogens with one attached hydrogen (secondary N) is 1. The van der Waals surface area contributed by atoms with Gasteiger partial charge in [-0.3, -0.25) is 4.68 Å². The molecule has 0 radical (unpaired) electrons. The molecule has 0 aliphatic carbocycles. The number of hydrogen-bond acceptors (Lipinski definition) is 2. The summed E-state index contributed by atoms with van der Waals surface area (Å²) in [5.41, 5.74) is 4.58. The zero-order valence-corrected chi connectivity index (χ0v) is 18.6. The van der Waals surface area contributed by atoms with Gasteiger partial charge in [0.15, 0.2) is 5.96 Å². The Morgan fingerprint density at radius 3 is 2.44 bits per heavy atom. The van der Waals surface area contributed by atoms with E-state index < -0.39 is 0 Å². The van der Waals surface area contributed by atoms with Gasteiger partial charge >= 0.3 is 0 Å². The lowest BCUT2D eigenvalue weighted by Gasteiger charge is -2.22. The van der Waals surface area contributed by atoms with Gasteiger partial charge in [-0.2, -0.15) is 5.10 Å². The van der Waals surface area contributed by atoms with Crippen molar-refractivity contribution < 1.29 is 0 Å². The SMILES string of the molecule is CCNC(=NCc1c(C)nn(C)c1C)N(C)Cc1ccc(Cl)cc1.I. The first kappa shape index (κ1) is 21.8. The largest absolute Gasteiger partial charge is 0.357 e. The Hall–Kier alpha value is -1.28. The lowest BCUT2D eigenvalue weighted by Crippen LogP contribution is -2.38. The minimum absolute atomic E-state index is 0. The van der Waals surface area contributed by atoms with Crippen LogP contribution in [0.4, 0.5) is 0 Å². The molecule has 138 valence electrons. The summed E-state index contributed by atoms with van der Waals surface area (Å²) in [6, 6.07) is 7.91. The Bertz CT molecular complexity index is 709. The summed E-state index contributed by atoms with van der Waals surface area (Å²) in [4.78, 5) is 6.90. The molecule has 0 fully saturated rings. The monoisotopic (exact) mass is 475 g/mol. The molecule has 5 nitrogen and oxygen atoms in total. The Balaban J connectivity index is 0.00000312. The van der Waals surface area contributed by atoms with Crippen LogP contribution in [0, 0.1) is 13.8 Å². The fraction of sp³-hybridized carbons (Fsp3) is 0.444. The van der Waals surface area contributed by atoms with Gasteiger partial charge in [-0.15, -0.1) is 24.0 Å². The molecule has 0 saturated carbocycles. The van der Waals surface area contributed by atoms with Crippen LogP contribution in [-0.4, -0.2) is 34.2 Å². The van der Waals surface area contributed by atoms with Gasteiger partial charge in [-0.1, -0.05) is 23.7 Å². The lowest BCUT2D eigenvalue weighted by atomic mass is 10.2. The van der Waals surface area contributed by atoms with Crippen LogP contribution in [0.2, 0.25) is 5.02 Å². The van der Waals surface area contributed by atoms with Gasteiger partial charge in [0, 0.05) is 43.5 Å². The first-order chi connectivity index (χ1) is 11.4. The fourth-order valence-corrected chi connectivity index (χ4v) is 2.73. The van der Waals surface area contributed by atoms with E-state index in [1.807, 2.05) is 50.0 Å². The van der Waals surface area contributed by atoms with Crippen molar-refractivity contribution in [2.75, 3.05) is 13.6 Å². The molecule has 0 spiro atoms. The van der Waals surface area contributed by atoms with E-state index in [1.165, 1.54) is 11.1 Å². The number of aliphatic imine (C=N–C) groups is 1. The number of guanidine groups is 1. The summed E-state index contributed by atoms with van der Waals surface area (Å²) in [5, 5.41) is 8.56. The third-order valence-corrected chi connectivity index (χ3v) is 4.33. The molecule has 1 aromatic carbocycles. The van der Waals surface area contributed by atoms with E-state index in [0.717, 1.165) is 35.5 Å². The Morgan fingerprint density at radius 1 is 1.28 bits per heavy atom. The van der Waals surface area contributed by atoms with E-state index in [0.29, 0.717) is 6.54 Å². The van der Waals surface area contributed by atoms with E-state index in [2.05, 4.69) is 29.2 Å². The van der Waals surface area contributed by atoms with Crippen LogP contribution < -0.4 is 5.32 Å². The molecule has 2 rings (SSSR count). The van der Waals surface area contributed by atoms with Gasteiger partial charge in [0.1, 0.15) is 0 Å². The van der Waals surface area contributed by atoms with E-state index in [1.54, 1.807) is 0 Å². The van der Waals surface area contributed by atoms with Crippen molar-refractivity contribution in [2.45, 2.75) is 33.9 Å². The summed E-state index contributed by atoms with van der Waals surface area (Å²) in [7, 11) is 4.01. The van der Waals surface area contributed by atoms with Crippen molar-refractivity contribution in [1.82, 2.24) is 20.0 Å². The zero-order chi connectivity index (χ0) is 17.7. The summed E-state index contributed by atoms with van der Waals surface area (Å²) < 4.78 is 1.91. The molecule has 1 N–H and O–H groups in total. The van der Waals surface area contributed by atoms with E-state index in [9.17, 15) is 0 Å². The molecule has 0 atom stereocenters. The molecule has 2 aromatic rings. The van der Waals surface area contributed by atoms with Crippen LogP contribution in [-0.2, 0) is 20.1 Å². The second-order valence-corrected chi connectivity index (χ2v) is 6.36. The molecule has 0 saturated heterocycles. The predicted molar refractivity (Wildman–Crippen MR) is 116 cm³/mol. The Labute approximate surface area is 172 Å². The highest BCUT2D eigenvalue weighted by Gasteiger charge is 2.11. The highest BCUT2D eigenvalue weighted by atomic mass is 127. The highest BCUT2D eigenvalue weighted by Crippen LogP contribution is 2.14. The maximum Gasteiger partial charge on any atom is 0.194 e. The van der Waals surface area contributed by atoms with Crippen molar-refractivity contribution in [3.8, 4) is 0 Å². The third kappa shape index (κ3) is 5.88. The van der Waals surface area contributed by atoms with Gasteiger partial charge < -0.3 is 10.2 Å². The predicted octanol–water partition coefficient (Wildman–Crippen LogP) is 3.91. The first-order valence-corrected chi connectivity index (χ1v) is 8.53. The molecule has 7 heteroatoms. The summed E-state index contributed by atoms with van der Waals surface area (Å²) >= 11 is 5.95. The molecule has 0 amide bonds. The van der Waals surface area contributed by atoms with Gasteiger partial charge in [0.25, 0.3) is 0 Å². The average molecular weight is 476 g/mol. The summed E-state index contributed by atoms with van der Waals surface area (Å²) in [6.07, 6.45) is 0. The van der Waals surface area contributed by atoms with Gasteiger partial charge in [0.05, 0.1) is 12.2 Å². The number of benzene rings is 1. The standard InChI is InChI=1S/C18H26ClN5.HI/c1-6-20-18(21-11-17-13(2)22-24(5)14(17)3)23(4)12-15-7-9-16(19)10-8-15;/h7-10H,6,11-12H2,1-5H3,(H,20,21);1H. The Kier molecular flexibility index (Phi) is 8.71. The van der Waals surface area contributed by atoms with Crippen LogP contribution in [0.15, 0.2) is 29.3 Å².